The molecule has 0 saturated carbocycles. The molecule has 0 aliphatic heterocycles. The number of fused-ring (bicyclic) bond motifs is 1. The maximum atomic E-state index is 13.1. The molecular formula is C19H12FN5O. The van der Waals surface area contributed by atoms with E-state index in [1.54, 1.807) is 36.4 Å². The Hall–Kier alpha value is -3.79. The maximum absolute atomic E-state index is 13.1. The van der Waals surface area contributed by atoms with Crippen LogP contribution in [0.2, 0.25) is 0 Å². The van der Waals surface area contributed by atoms with Crippen LogP contribution in [0.3, 0.4) is 0 Å². The molecule has 0 unspecified atom stereocenters. The van der Waals surface area contributed by atoms with Crippen molar-refractivity contribution in [3.05, 3.63) is 88.4 Å². The average Bonchev–Trinajstić information content (AvgIpc) is 3.10. The summed E-state index contributed by atoms with van der Waals surface area (Å²) >= 11 is 0. The van der Waals surface area contributed by atoms with Crippen LogP contribution in [0.25, 0.3) is 16.7 Å². The van der Waals surface area contributed by atoms with Crippen LogP contribution in [-0.4, -0.2) is 19.3 Å². The number of aromatic nitrogens is 4. The number of halogens is 1. The Morgan fingerprint density at radius 3 is 2.50 bits per heavy atom. The first-order valence-corrected chi connectivity index (χ1v) is 7.84. The molecule has 2 aromatic heterocycles. The van der Waals surface area contributed by atoms with Crippen molar-refractivity contribution >= 4 is 11.0 Å². The van der Waals surface area contributed by atoms with Crippen LogP contribution >= 0.6 is 0 Å². The lowest BCUT2D eigenvalue weighted by atomic mass is 10.1. The van der Waals surface area contributed by atoms with E-state index in [1.165, 1.54) is 33.9 Å². The van der Waals surface area contributed by atoms with Crippen LogP contribution in [0, 0.1) is 17.1 Å². The lowest BCUT2D eigenvalue weighted by Gasteiger charge is -2.06. The molecule has 0 amide bonds. The third kappa shape index (κ3) is 2.74. The van der Waals surface area contributed by atoms with Crippen molar-refractivity contribution in [2.75, 3.05) is 0 Å². The molecule has 0 fully saturated rings. The van der Waals surface area contributed by atoms with Gasteiger partial charge in [-0.3, -0.25) is 9.36 Å². The van der Waals surface area contributed by atoms with E-state index in [2.05, 4.69) is 16.2 Å². The molecule has 2 aromatic carbocycles. The normalized spacial score (nSPS) is 10.8. The van der Waals surface area contributed by atoms with Gasteiger partial charge in [0.25, 0.3) is 5.56 Å². The Bertz CT molecular complexity index is 1180. The highest BCUT2D eigenvalue weighted by Gasteiger charge is 2.11. The minimum absolute atomic E-state index is 0.215. The molecule has 126 valence electrons. The average molecular weight is 345 g/mol. The van der Waals surface area contributed by atoms with E-state index in [4.69, 9.17) is 5.26 Å². The quantitative estimate of drug-likeness (QED) is 0.572. The highest BCUT2D eigenvalue weighted by Crippen LogP contribution is 2.14. The zero-order chi connectivity index (χ0) is 18.1. The molecule has 0 aliphatic rings. The monoisotopic (exact) mass is 345 g/mol. The second kappa shape index (κ2) is 6.26. The van der Waals surface area contributed by atoms with Gasteiger partial charge in [-0.1, -0.05) is 12.1 Å². The Morgan fingerprint density at radius 2 is 1.81 bits per heavy atom. The highest BCUT2D eigenvalue weighted by molar-refractivity contribution is 5.74. The molecule has 26 heavy (non-hydrogen) atoms. The summed E-state index contributed by atoms with van der Waals surface area (Å²) in [7, 11) is 0. The Balaban J connectivity index is 1.72. The maximum Gasteiger partial charge on any atom is 0.264 e. The molecule has 6 nitrogen and oxygen atoms in total. The predicted octanol–water partition coefficient (Wildman–Crippen LogP) is 2.64. The third-order valence-corrected chi connectivity index (χ3v) is 4.06. The summed E-state index contributed by atoms with van der Waals surface area (Å²) in [4.78, 5) is 17.1. The summed E-state index contributed by atoms with van der Waals surface area (Å²) < 4.78 is 16.1. The van der Waals surface area contributed by atoms with Gasteiger partial charge in [0.1, 0.15) is 17.5 Å². The second-order valence-corrected chi connectivity index (χ2v) is 5.76. The van der Waals surface area contributed by atoms with E-state index in [1.807, 2.05) is 0 Å². The molecule has 2 heterocycles. The van der Waals surface area contributed by atoms with Gasteiger partial charge in [-0.2, -0.15) is 10.4 Å². The first kappa shape index (κ1) is 15.7. The van der Waals surface area contributed by atoms with Crippen LogP contribution in [-0.2, 0) is 6.54 Å². The van der Waals surface area contributed by atoms with E-state index in [9.17, 15) is 9.18 Å². The fourth-order valence-corrected chi connectivity index (χ4v) is 2.71. The van der Waals surface area contributed by atoms with E-state index in [0.717, 1.165) is 5.56 Å². The fourth-order valence-electron chi connectivity index (χ4n) is 2.71. The van der Waals surface area contributed by atoms with Gasteiger partial charge >= 0.3 is 0 Å². The van der Waals surface area contributed by atoms with Gasteiger partial charge in [0.15, 0.2) is 5.65 Å². The molecule has 0 saturated heterocycles. The van der Waals surface area contributed by atoms with Crippen LogP contribution in [0.1, 0.15) is 11.1 Å². The standard InChI is InChI=1S/C19H12FN5O/c20-15-5-7-16(8-6-15)25-18-17(10-23-25)19(26)24(12-22-18)11-14-3-1-13(9-21)2-4-14/h1-8,10,12H,11H2. The van der Waals surface area contributed by atoms with Gasteiger partial charge in [-0.05, 0) is 42.0 Å². The second-order valence-electron chi connectivity index (χ2n) is 5.76. The number of hydrogen-bond acceptors (Lipinski definition) is 4. The zero-order valence-corrected chi connectivity index (χ0v) is 13.5. The van der Waals surface area contributed by atoms with Crippen molar-refractivity contribution in [2.24, 2.45) is 0 Å². The summed E-state index contributed by atoms with van der Waals surface area (Å²) in [5.74, 6) is -0.344. The van der Waals surface area contributed by atoms with Crippen LogP contribution in [0.15, 0.2) is 65.8 Å². The summed E-state index contributed by atoms with van der Waals surface area (Å²) in [6.07, 6.45) is 2.92. The lowest BCUT2D eigenvalue weighted by molar-refractivity contribution is 0.627. The van der Waals surface area contributed by atoms with Gasteiger partial charge in [0, 0.05) is 0 Å². The van der Waals surface area contributed by atoms with Crippen LogP contribution < -0.4 is 5.56 Å². The molecule has 0 spiro atoms. The topological polar surface area (TPSA) is 76.5 Å². The molecule has 0 bridgehead atoms. The Labute approximate surface area is 147 Å². The Morgan fingerprint density at radius 1 is 1.08 bits per heavy atom. The van der Waals surface area contributed by atoms with E-state index in [0.29, 0.717) is 28.8 Å². The van der Waals surface area contributed by atoms with E-state index >= 15 is 0 Å². The summed E-state index contributed by atoms with van der Waals surface area (Å²) in [6, 6.07) is 14.9. The summed E-state index contributed by atoms with van der Waals surface area (Å²) in [6.45, 7) is 0.342. The Kier molecular flexibility index (Phi) is 3.78. The lowest BCUT2D eigenvalue weighted by Crippen LogP contribution is -2.21. The molecule has 0 atom stereocenters. The minimum Gasteiger partial charge on any atom is -0.294 e. The van der Waals surface area contributed by atoms with Gasteiger partial charge < -0.3 is 0 Å². The van der Waals surface area contributed by atoms with Crippen molar-refractivity contribution in [1.82, 2.24) is 19.3 Å². The van der Waals surface area contributed by atoms with Gasteiger partial charge in [-0.25, -0.2) is 14.1 Å². The number of rotatable bonds is 3. The molecule has 4 aromatic rings. The van der Waals surface area contributed by atoms with Gasteiger partial charge in [0.05, 0.1) is 30.1 Å². The van der Waals surface area contributed by atoms with E-state index < -0.39 is 0 Å². The molecule has 0 radical (unpaired) electrons. The van der Waals surface area contributed by atoms with Gasteiger partial charge in [-0.15, -0.1) is 0 Å². The molecular weight excluding hydrogens is 333 g/mol. The summed E-state index contributed by atoms with van der Waals surface area (Å²) in [5, 5.41) is 13.4. The van der Waals surface area contributed by atoms with Gasteiger partial charge in [0.2, 0.25) is 0 Å². The first-order chi connectivity index (χ1) is 12.7. The van der Waals surface area contributed by atoms with E-state index in [-0.39, 0.29) is 11.4 Å². The van der Waals surface area contributed by atoms with Crippen molar-refractivity contribution < 1.29 is 4.39 Å². The third-order valence-electron chi connectivity index (χ3n) is 4.06. The first-order valence-electron chi connectivity index (χ1n) is 7.84. The van der Waals surface area contributed by atoms with Crippen molar-refractivity contribution in [3.8, 4) is 11.8 Å². The SMILES string of the molecule is N#Cc1ccc(Cn2cnc3c(cnn3-c3ccc(F)cc3)c2=O)cc1. The smallest absolute Gasteiger partial charge is 0.264 e. The van der Waals surface area contributed by atoms with Crippen LogP contribution in [0.4, 0.5) is 4.39 Å². The zero-order valence-electron chi connectivity index (χ0n) is 13.5. The van der Waals surface area contributed by atoms with Crippen molar-refractivity contribution in [1.29, 1.82) is 5.26 Å². The minimum atomic E-state index is -0.344. The molecule has 4 rings (SSSR count). The highest BCUT2D eigenvalue weighted by atomic mass is 19.1. The summed E-state index contributed by atoms with van der Waals surface area (Å²) in [5.41, 5.74) is 2.27. The van der Waals surface area contributed by atoms with Crippen LogP contribution in [0.5, 0.6) is 0 Å². The van der Waals surface area contributed by atoms with Crippen molar-refractivity contribution in [2.45, 2.75) is 6.54 Å². The molecule has 0 N–H and O–H groups in total. The number of nitriles is 1. The largest absolute Gasteiger partial charge is 0.294 e. The number of benzene rings is 2. The predicted molar refractivity (Wildman–Crippen MR) is 93.3 cm³/mol. The van der Waals surface area contributed by atoms with Crippen molar-refractivity contribution in [3.63, 3.8) is 0 Å². The number of hydrogen-bond donors (Lipinski definition) is 0. The molecule has 0 aliphatic carbocycles. The number of nitrogens with zero attached hydrogens (tertiary/aromatic N) is 5. The molecule has 7 heteroatoms. The fraction of sp³-hybridized carbons (Fsp3) is 0.0526.